The van der Waals surface area contributed by atoms with Crippen LogP contribution >= 0.6 is 21.8 Å². The van der Waals surface area contributed by atoms with Crippen molar-refractivity contribution in [3.8, 4) is 0 Å². The lowest BCUT2D eigenvalue weighted by Gasteiger charge is -2.07. The number of Topliss-reactive ketones (excluding diaryl/α,β-unsaturated/α-hetero) is 1. The Bertz CT molecular complexity index is 1070. The van der Waals surface area contributed by atoms with Crippen molar-refractivity contribution in [1.29, 1.82) is 0 Å². The standard InChI is InChI=1S/C15H16NO3S.C8H12NO3S.2BrH/c1-11(19-12(2)17)15-16(8-9-20-15)10-14(18)13-6-4-3-5-7-13;1-6(10)8-9-3-4-13(8)5-7(11)12-2;;/h3-9,11H,10H2,1-2H3;3-4,6,10H,5H2,1-2H3;2*1H/q2*+1;;/p-2. The maximum Gasteiger partial charge on any atom is 0.360 e. The number of thiazole rings is 2. The molecular weight excluding hydrogens is 624 g/mol. The van der Waals surface area contributed by atoms with E-state index < -0.39 is 6.10 Å². The fourth-order valence-corrected chi connectivity index (χ4v) is 5.34. The van der Waals surface area contributed by atoms with E-state index in [-0.39, 0.29) is 80.6 Å². The van der Waals surface area contributed by atoms with Gasteiger partial charge in [0.05, 0.1) is 18.7 Å². The van der Waals surface area contributed by atoms with Crippen molar-refractivity contribution in [2.45, 2.75) is 45.3 Å². The maximum absolute atomic E-state index is 12.2. The lowest BCUT2D eigenvalue weighted by atomic mass is 10.1. The number of ether oxygens (including phenoxy) is 2. The molecule has 3 aromatic rings. The Hall–Kier alpha value is -1.99. The van der Waals surface area contributed by atoms with Crippen molar-refractivity contribution in [2.75, 3.05) is 7.11 Å². The molecule has 0 aliphatic heterocycles. The Morgan fingerprint density at radius 1 is 1.17 bits per heavy atom. The predicted molar refractivity (Wildman–Crippen MR) is 125 cm³/mol. The second-order valence-corrected chi connectivity index (χ2v) is 9.75. The Labute approximate surface area is 232 Å². The van der Waals surface area contributed by atoms with Crippen LogP contribution in [0.25, 0.3) is 0 Å². The van der Waals surface area contributed by atoms with Crippen LogP contribution in [0, 0.1) is 0 Å². The molecule has 0 saturated carbocycles. The molecule has 0 aliphatic rings. The van der Waals surface area contributed by atoms with Crippen LogP contribution in [0.1, 0.15) is 53.4 Å². The summed E-state index contributed by atoms with van der Waals surface area (Å²) in [7, 11) is 0.972. The van der Waals surface area contributed by atoms with Crippen LogP contribution in [0.3, 0.4) is 0 Å². The molecule has 0 fully saturated rings. The van der Waals surface area contributed by atoms with E-state index in [1.54, 1.807) is 32.2 Å². The van der Waals surface area contributed by atoms with Gasteiger partial charge in [-0.15, -0.1) is 0 Å². The lowest BCUT2D eigenvalue weighted by molar-refractivity contribution is -0.688. The molecule has 12 heteroatoms. The number of carbonyl (C=O) groups is 3. The quantitative estimate of drug-likeness (QED) is 0.125. The van der Waals surface area contributed by atoms with E-state index in [1.165, 1.54) is 25.4 Å². The van der Waals surface area contributed by atoms with Crippen LogP contribution in [0.5, 0.6) is 0 Å². The normalized spacial score (nSPS) is 12.0. The molecule has 0 aliphatic carbocycles. The summed E-state index contributed by atoms with van der Waals surface area (Å²) in [5.74, 6) is -0.295. The smallest absolute Gasteiger partial charge is 0.360 e. The summed E-state index contributed by atoms with van der Waals surface area (Å²) in [5.41, 5.74) is 0.678. The van der Waals surface area contributed by atoms with E-state index in [9.17, 15) is 19.5 Å². The highest BCUT2D eigenvalue weighted by atomic mass is 79.9. The van der Waals surface area contributed by atoms with Gasteiger partial charge in [-0.3, -0.25) is 9.59 Å². The summed E-state index contributed by atoms with van der Waals surface area (Å²) in [6, 6.07) is 9.15. The number of halogens is 2. The summed E-state index contributed by atoms with van der Waals surface area (Å²) in [5, 5.41) is 14.5. The molecule has 1 N–H and O–H groups in total. The highest BCUT2D eigenvalue weighted by Gasteiger charge is 2.25. The van der Waals surface area contributed by atoms with E-state index >= 15 is 0 Å². The van der Waals surface area contributed by atoms with E-state index in [2.05, 4.69) is 9.72 Å². The van der Waals surface area contributed by atoms with Crippen molar-refractivity contribution in [3.63, 3.8) is 0 Å². The van der Waals surface area contributed by atoms with Gasteiger partial charge in [-0.05, 0) is 13.8 Å². The Morgan fingerprint density at radius 2 is 1.83 bits per heavy atom. The first-order chi connectivity index (χ1) is 15.7. The minimum absolute atomic E-state index is 0. The van der Waals surface area contributed by atoms with Gasteiger partial charge in [0.1, 0.15) is 6.10 Å². The monoisotopic (exact) mass is 650 g/mol. The number of aliphatic hydroxyl groups is 1. The summed E-state index contributed by atoms with van der Waals surface area (Å²) in [6.07, 6.45) is 2.51. The van der Waals surface area contributed by atoms with Crippen LogP contribution < -0.4 is 38.5 Å². The summed E-state index contributed by atoms with van der Waals surface area (Å²) >= 11 is 1.47. The Balaban J connectivity index is 0.000000677. The zero-order valence-electron chi connectivity index (χ0n) is 19.7. The average molecular weight is 652 g/mol. The minimum Gasteiger partial charge on any atom is -1.00 e. The van der Waals surface area contributed by atoms with Gasteiger partial charge in [0.2, 0.25) is 18.1 Å². The minimum atomic E-state index is -0.594. The molecule has 192 valence electrons. The van der Waals surface area contributed by atoms with Crippen LogP contribution in [-0.4, -0.2) is 34.9 Å². The van der Waals surface area contributed by atoms with E-state index in [1.807, 2.05) is 39.7 Å². The third kappa shape index (κ3) is 10.7. The number of ketones is 1. The molecule has 3 atom stereocenters. The highest BCUT2D eigenvalue weighted by Crippen LogP contribution is 2.28. The number of rotatable bonds is 8. The number of aliphatic hydroxyl groups excluding tert-OH is 1. The van der Waals surface area contributed by atoms with Gasteiger partial charge in [0.25, 0.3) is 10.0 Å². The summed E-state index contributed by atoms with van der Waals surface area (Å²) < 4.78 is 11.5. The molecule has 0 saturated heterocycles. The zero-order valence-corrected chi connectivity index (χ0v) is 24.5. The first-order valence-electron chi connectivity index (χ1n) is 10.1. The molecule has 1 aromatic carbocycles. The average Bonchev–Trinajstić information content (AvgIpc) is 3.44. The van der Waals surface area contributed by atoms with Crippen molar-refractivity contribution in [1.82, 2.24) is 4.98 Å². The number of carbonyl (C=O) groups excluding carboxylic acids is 3. The fraction of sp³-hybridized carbons (Fsp3) is 0.348. The van der Waals surface area contributed by atoms with Crippen LogP contribution in [0.4, 0.5) is 0 Å². The topological polar surface area (TPSA) is 107 Å². The van der Waals surface area contributed by atoms with Gasteiger partial charge in [0.15, 0.2) is 17.7 Å². The molecule has 2 aromatic heterocycles. The third-order valence-electron chi connectivity index (χ3n) is 4.37. The van der Waals surface area contributed by atoms with E-state index in [0.717, 1.165) is 5.01 Å². The molecule has 3 unspecified atom stereocenters. The Morgan fingerprint density at radius 3 is 2.40 bits per heavy atom. The van der Waals surface area contributed by atoms with Gasteiger partial charge >= 0.3 is 11.9 Å². The molecule has 0 radical (unpaired) electrons. The van der Waals surface area contributed by atoms with Gasteiger partial charge in [0, 0.05) is 23.0 Å². The van der Waals surface area contributed by atoms with Crippen LogP contribution in [0.15, 0.2) is 53.5 Å². The largest absolute Gasteiger partial charge is 1.00 e. The third-order valence-corrected chi connectivity index (χ3v) is 7.41. The second-order valence-electron chi connectivity index (χ2n) is 6.99. The van der Waals surface area contributed by atoms with E-state index in [0.29, 0.717) is 10.6 Å². The zero-order chi connectivity index (χ0) is 24.4. The van der Waals surface area contributed by atoms with E-state index in [4.69, 9.17) is 4.74 Å². The Kier molecular flexibility index (Phi) is 15.7. The molecule has 3 rings (SSSR count). The number of aromatic nitrogens is 2. The molecule has 2 heterocycles. The second kappa shape index (κ2) is 16.6. The number of hydrogen-bond acceptors (Lipinski definition) is 8. The first-order valence-corrected chi connectivity index (χ1v) is 12.5. The number of methoxy groups -OCH3 is 1. The maximum atomic E-state index is 12.2. The van der Waals surface area contributed by atoms with Gasteiger partial charge in [-0.1, -0.05) is 41.7 Å². The highest BCUT2D eigenvalue weighted by molar-refractivity contribution is 7.30. The van der Waals surface area contributed by atoms with Crippen LogP contribution in [0.2, 0.25) is 0 Å². The lowest BCUT2D eigenvalue weighted by Crippen LogP contribution is -3.00. The SMILES string of the molecule is CC(=O)OC(C)c1scc[n+]1CC(=O)c1ccccc1.COC(=O)C[s+]1ccnc1C(C)O.[Br-].[Br-]. The number of benzene rings is 1. The summed E-state index contributed by atoms with van der Waals surface area (Å²) in [6.45, 7) is 5.07. The van der Waals surface area contributed by atoms with Gasteiger partial charge < -0.3 is 48.5 Å². The fourth-order valence-electron chi connectivity index (χ4n) is 2.89. The number of esters is 2. The van der Waals surface area contributed by atoms with Crippen molar-refractivity contribution < 1.29 is 67.5 Å². The molecule has 0 bridgehead atoms. The van der Waals surface area contributed by atoms with Crippen molar-refractivity contribution in [2.24, 2.45) is 0 Å². The molecule has 8 nitrogen and oxygen atoms in total. The van der Waals surface area contributed by atoms with Crippen molar-refractivity contribution >= 4 is 39.5 Å². The summed E-state index contributed by atoms with van der Waals surface area (Å²) in [4.78, 5) is 38.1. The predicted octanol–water partition coefficient (Wildman–Crippen LogP) is -2.39. The van der Waals surface area contributed by atoms with Crippen LogP contribution in [-0.2, 0) is 31.4 Å². The molecule has 35 heavy (non-hydrogen) atoms. The number of nitrogens with zero attached hydrogens (tertiary/aromatic N) is 2. The molecule has 0 spiro atoms. The first kappa shape index (κ1) is 33.0. The van der Waals surface area contributed by atoms with Gasteiger partial charge in [-0.2, -0.15) is 4.57 Å². The van der Waals surface area contributed by atoms with Crippen molar-refractivity contribution in [3.05, 3.63) is 69.1 Å². The number of hydrogen-bond donors (Lipinski definition) is 1. The molecular formula is C23H28Br2N2O6S2. The molecule has 0 amide bonds. The van der Waals surface area contributed by atoms with Gasteiger partial charge in [-0.25, -0.2) is 9.78 Å².